The van der Waals surface area contributed by atoms with Crippen molar-refractivity contribution in [2.75, 3.05) is 0 Å². The molecule has 0 saturated carbocycles. The summed E-state index contributed by atoms with van der Waals surface area (Å²) in [7, 11) is -0.0486. The van der Waals surface area contributed by atoms with E-state index in [1.54, 1.807) is 24.8 Å². The zero-order valence-corrected chi connectivity index (χ0v) is 14.3. The molecule has 0 amide bonds. The van der Waals surface area contributed by atoms with Crippen molar-refractivity contribution in [1.29, 1.82) is 0 Å². The Kier molecular flexibility index (Phi) is 5.03. The lowest BCUT2D eigenvalue weighted by Crippen LogP contribution is -2.18. The minimum atomic E-state index is -1.30. The van der Waals surface area contributed by atoms with Gasteiger partial charge in [0.05, 0.1) is 4.90 Å². The number of carbonyl (C=O) groups is 1. The van der Waals surface area contributed by atoms with Gasteiger partial charge in [0.25, 0.3) is 0 Å². The zero-order chi connectivity index (χ0) is 16.2. The Morgan fingerprint density at radius 1 is 1.17 bits per heavy atom. The van der Waals surface area contributed by atoms with Crippen LogP contribution in [0.4, 0.5) is 0 Å². The van der Waals surface area contributed by atoms with Crippen molar-refractivity contribution in [2.24, 2.45) is 15.9 Å². The molecular weight excluding hydrogens is 328 g/mol. The number of benzene rings is 1. The van der Waals surface area contributed by atoms with E-state index >= 15 is 0 Å². The van der Waals surface area contributed by atoms with Crippen LogP contribution in [0, 0.1) is 5.92 Å². The minimum Gasteiger partial charge on any atom is -0.294 e. The molecular formula is C17H16N2O2S2. The molecule has 118 valence electrons. The van der Waals surface area contributed by atoms with E-state index in [4.69, 9.17) is 0 Å². The second-order valence-corrected chi connectivity index (χ2v) is 8.28. The molecule has 1 aliphatic heterocycles. The van der Waals surface area contributed by atoms with E-state index in [9.17, 15) is 9.00 Å². The number of allylic oxidation sites excluding steroid dienone is 2. The number of aliphatic imine (C=N–C) groups is 2. The molecule has 23 heavy (non-hydrogen) atoms. The quantitative estimate of drug-likeness (QED) is 0.675. The highest BCUT2D eigenvalue weighted by Crippen LogP contribution is 2.39. The summed E-state index contributed by atoms with van der Waals surface area (Å²) in [5.74, 6) is 0.268. The molecule has 1 aromatic rings. The van der Waals surface area contributed by atoms with Crippen LogP contribution in [0.5, 0.6) is 0 Å². The maximum atomic E-state index is 12.8. The normalized spacial score (nSPS) is 24.7. The molecule has 2 atom stereocenters. The second kappa shape index (κ2) is 7.19. The fourth-order valence-corrected chi connectivity index (χ4v) is 5.73. The van der Waals surface area contributed by atoms with E-state index < -0.39 is 9.83 Å². The van der Waals surface area contributed by atoms with Gasteiger partial charge in [0, 0.05) is 47.3 Å². The third-order valence-corrected chi connectivity index (χ3v) is 6.95. The summed E-state index contributed by atoms with van der Waals surface area (Å²) in [4.78, 5) is 22.1. The van der Waals surface area contributed by atoms with E-state index in [0.29, 0.717) is 16.9 Å². The number of hydrogen-bond acceptors (Lipinski definition) is 5. The lowest BCUT2D eigenvalue weighted by Gasteiger charge is -2.22. The fourth-order valence-electron chi connectivity index (χ4n) is 2.46. The zero-order valence-electron chi connectivity index (χ0n) is 12.6. The lowest BCUT2D eigenvalue weighted by molar-refractivity contribution is -0.115. The molecule has 0 aromatic heterocycles. The summed E-state index contributed by atoms with van der Waals surface area (Å²) in [6.07, 6.45) is 7.65. The van der Waals surface area contributed by atoms with Gasteiger partial charge in [0.1, 0.15) is 9.83 Å². The number of carbonyl (C=O) groups excluding carboxylic acids is 1. The SMILES string of the molecule is CC1CCC(=O)C2=C1SS(=O)c1ccccc1C=NC=CN=C2. The summed E-state index contributed by atoms with van der Waals surface area (Å²) in [6, 6.07) is 7.46. The Morgan fingerprint density at radius 3 is 2.74 bits per heavy atom. The Balaban J connectivity index is 2.11. The predicted octanol–water partition coefficient (Wildman–Crippen LogP) is 3.67. The van der Waals surface area contributed by atoms with Crippen molar-refractivity contribution in [3.63, 3.8) is 0 Å². The van der Waals surface area contributed by atoms with Gasteiger partial charge in [-0.2, -0.15) is 0 Å². The molecule has 1 heterocycles. The minimum absolute atomic E-state index is 0.0635. The number of rotatable bonds is 0. The van der Waals surface area contributed by atoms with Gasteiger partial charge in [-0.3, -0.25) is 14.8 Å². The van der Waals surface area contributed by atoms with E-state index in [0.717, 1.165) is 16.9 Å². The van der Waals surface area contributed by atoms with Crippen molar-refractivity contribution in [2.45, 2.75) is 24.7 Å². The summed E-state index contributed by atoms with van der Waals surface area (Å²) in [6.45, 7) is 2.06. The van der Waals surface area contributed by atoms with Crippen LogP contribution in [0.2, 0.25) is 0 Å². The highest BCUT2D eigenvalue weighted by atomic mass is 33.1. The molecule has 4 nitrogen and oxygen atoms in total. The van der Waals surface area contributed by atoms with Crippen LogP contribution >= 0.6 is 10.8 Å². The van der Waals surface area contributed by atoms with Gasteiger partial charge in [-0.25, -0.2) is 4.21 Å². The molecule has 1 aromatic carbocycles. The predicted molar refractivity (Wildman–Crippen MR) is 96.1 cm³/mol. The molecule has 0 spiro atoms. The Morgan fingerprint density at radius 2 is 1.91 bits per heavy atom. The average molecular weight is 344 g/mol. The molecule has 1 aliphatic carbocycles. The monoisotopic (exact) mass is 344 g/mol. The highest BCUT2D eigenvalue weighted by Gasteiger charge is 2.27. The van der Waals surface area contributed by atoms with Gasteiger partial charge in [-0.05, 0) is 29.2 Å². The number of ketones is 1. The number of nitrogens with zero attached hydrogens (tertiary/aromatic N) is 2. The van der Waals surface area contributed by atoms with Gasteiger partial charge in [0.2, 0.25) is 0 Å². The maximum absolute atomic E-state index is 12.8. The van der Waals surface area contributed by atoms with Gasteiger partial charge < -0.3 is 0 Å². The van der Waals surface area contributed by atoms with E-state index in [1.165, 1.54) is 10.8 Å². The third kappa shape index (κ3) is 3.59. The van der Waals surface area contributed by atoms with Gasteiger partial charge in [0.15, 0.2) is 5.78 Å². The molecule has 2 aliphatic rings. The molecule has 0 fully saturated rings. The van der Waals surface area contributed by atoms with Crippen molar-refractivity contribution in [1.82, 2.24) is 0 Å². The fraction of sp³-hybridized carbons (Fsp3) is 0.235. The largest absolute Gasteiger partial charge is 0.294 e. The topological polar surface area (TPSA) is 58.9 Å². The standard InChI is InChI=1S/C17H16N2O2S2/c1-12-6-7-15(20)14-11-19-9-8-18-10-13-4-2-3-5-16(13)23(21)22-17(12)14/h2-5,8-12H,6-7H2,1H3. The van der Waals surface area contributed by atoms with Gasteiger partial charge in [-0.1, -0.05) is 25.1 Å². The van der Waals surface area contributed by atoms with Crippen molar-refractivity contribution in [3.05, 3.63) is 52.7 Å². The molecule has 6 heteroatoms. The summed E-state index contributed by atoms with van der Waals surface area (Å²) in [5, 5.41) is 0. The van der Waals surface area contributed by atoms with Crippen LogP contribution < -0.4 is 0 Å². The van der Waals surface area contributed by atoms with Crippen molar-refractivity contribution >= 4 is 38.8 Å². The first kappa shape index (κ1) is 16.1. The lowest BCUT2D eigenvalue weighted by atomic mass is 9.91. The molecule has 0 radical (unpaired) electrons. The number of hydrogen-bond donors (Lipinski definition) is 0. The maximum Gasteiger partial charge on any atom is 0.165 e. The van der Waals surface area contributed by atoms with Crippen LogP contribution in [0.3, 0.4) is 0 Å². The first-order valence-electron chi connectivity index (χ1n) is 7.34. The first-order valence-corrected chi connectivity index (χ1v) is 9.83. The van der Waals surface area contributed by atoms with Crippen LogP contribution in [-0.4, -0.2) is 22.4 Å². The number of Topliss-reactive ketones (excluding diaryl/α,β-unsaturated/α-hetero) is 1. The molecule has 0 saturated heterocycles. The third-order valence-electron chi connectivity index (χ3n) is 3.74. The van der Waals surface area contributed by atoms with Crippen LogP contribution in [0.25, 0.3) is 0 Å². The first-order chi connectivity index (χ1) is 11.2. The molecule has 2 unspecified atom stereocenters. The van der Waals surface area contributed by atoms with Crippen molar-refractivity contribution in [3.8, 4) is 0 Å². The Bertz CT molecular complexity index is 779. The smallest absolute Gasteiger partial charge is 0.165 e. The highest BCUT2D eigenvalue weighted by molar-refractivity contribution is 8.70. The van der Waals surface area contributed by atoms with E-state index in [1.807, 2.05) is 24.3 Å². The Hall–Kier alpha value is -1.79. The summed E-state index contributed by atoms with van der Waals surface area (Å²) >= 11 is 0. The number of fused-ring (bicyclic) bond motifs is 1. The van der Waals surface area contributed by atoms with Crippen LogP contribution in [0.1, 0.15) is 25.3 Å². The van der Waals surface area contributed by atoms with E-state index in [-0.39, 0.29) is 11.7 Å². The van der Waals surface area contributed by atoms with Crippen molar-refractivity contribution < 1.29 is 9.00 Å². The summed E-state index contributed by atoms with van der Waals surface area (Å²) in [5.41, 5.74) is 1.39. The molecule has 0 bridgehead atoms. The molecule has 3 rings (SSSR count). The second-order valence-electron chi connectivity index (χ2n) is 5.35. The van der Waals surface area contributed by atoms with Gasteiger partial charge in [-0.15, -0.1) is 0 Å². The van der Waals surface area contributed by atoms with E-state index in [2.05, 4.69) is 16.9 Å². The van der Waals surface area contributed by atoms with Gasteiger partial charge >= 0.3 is 0 Å². The average Bonchev–Trinajstić information content (AvgIpc) is 2.55. The summed E-state index contributed by atoms with van der Waals surface area (Å²) < 4.78 is 12.8. The molecule has 0 N–H and O–H groups in total. The van der Waals surface area contributed by atoms with Crippen LogP contribution in [0.15, 0.2) is 62.0 Å². The Labute approximate surface area is 141 Å². The van der Waals surface area contributed by atoms with Crippen LogP contribution in [-0.2, 0) is 14.6 Å².